The van der Waals surface area contributed by atoms with Crippen LogP contribution in [-0.4, -0.2) is 12.8 Å². The van der Waals surface area contributed by atoms with Gasteiger partial charge < -0.3 is 14.2 Å². The summed E-state index contributed by atoms with van der Waals surface area (Å²) in [7, 11) is 0. The van der Waals surface area contributed by atoms with Crippen molar-refractivity contribution in [2.24, 2.45) is 0 Å². The second-order valence-electron chi connectivity index (χ2n) is 4.35. The van der Waals surface area contributed by atoms with Crippen LogP contribution < -0.4 is 9.47 Å². The minimum atomic E-state index is -0.467. The van der Waals surface area contributed by atoms with E-state index in [1.807, 2.05) is 0 Å². The lowest BCUT2D eigenvalue weighted by Gasteiger charge is -2.08. The Morgan fingerprint density at radius 2 is 1.95 bits per heavy atom. The summed E-state index contributed by atoms with van der Waals surface area (Å²) in [6.45, 7) is 0.311. The van der Waals surface area contributed by atoms with Gasteiger partial charge in [-0.05, 0) is 24.3 Å². The molecule has 3 rings (SSSR count). The summed E-state index contributed by atoms with van der Waals surface area (Å²) in [4.78, 5) is 12.0. The van der Waals surface area contributed by atoms with Gasteiger partial charge in [0.1, 0.15) is 6.61 Å². The van der Waals surface area contributed by atoms with E-state index in [-0.39, 0.29) is 13.4 Å². The zero-order chi connectivity index (χ0) is 14.8. The first-order valence-electron chi connectivity index (χ1n) is 6.15. The van der Waals surface area contributed by atoms with Crippen LogP contribution in [0.1, 0.15) is 15.9 Å². The Balaban J connectivity index is 1.74. The molecule has 108 valence electrons. The van der Waals surface area contributed by atoms with Gasteiger partial charge in [0.25, 0.3) is 0 Å². The number of carbonyl (C=O) groups excluding carboxylic acids is 1. The number of carbonyl (C=O) groups is 1. The fourth-order valence-electron chi connectivity index (χ4n) is 1.92. The normalized spacial score (nSPS) is 12.3. The second kappa shape index (κ2) is 5.95. The van der Waals surface area contributed by atoms with Gasteiger partial charge in [0.05, 0.1) is 10.6 Å². The van der Waals surface area contributed by atoms with E-state index in [2.05, 4.69) is 15.9 Å². The smallest absolute Gasteiger partial charge is 0.339 e. The quantitative estimate of drug-likeness (QED) is 0.761. The number of rotatable bonds is 3. The number of halogens is 2. The average Bonchev–Trinajstić information content (AvgIpc) is 2.92. The molecule has 0 N–H and O–H groups in total. The van der Waals surface area contributed by atoms with Crippen molar-refractivity contribution in [3.63, 3.8) is 0 Å². The average molecular weight is 370 g/mol. The van der Waals surface area contributed by atoms with Gasteiger partial charge in [0.15, 0.2) is 11.5 Å². The van der Waals surface area contributed by atoms with Crippen LogP contribution in [0.25, 0.3) is 0 Å². The highest BCUT2D eigenvalue weighted by molar-refractivity contribution is 9.10. The number of hydrogen-bond donors (Lipinski definition) is 0. The van der Waals surface area contributed by atoms with Crippen LogP contribution in [0, 0.1) is 0 Å². The van der Waals surface area contributed by atoms with Gasteiger partial charge in [-0.3, -0.25) is 0 Å². The molecular weight excluding hydrogens is 360 g/mol. The molecular formula is C15H10BrClO4. The first-order chi connectivity index (χ1) is 10.1. The maximum atomic E-state index is 12.0. The summed E-state index contributed by atoms with van der Waals surface area (Å²) in [6.07, 6.45) is 0. The van der Waals surface area contributed by atoms with Gasteiger partial charge >= 0.3 is 5.97 Å². The van der Waals surface area contributed by atoms with Crippen LogP contribution in [0.4, 0.5) is 0 Å². The standard InChI is InChI=1S/C15H10BrClO4/c16-11-6-14-13(20-8-21-14)5-9(11)7-19-15(18)10-3-1-2-4-12(10)17/h1-6H,7-8H2. The van der Waals surface area contributed by atoms with E-state index in [0.29, 0.717) is 22.1 Å². The molecule has 0 bridgehead atoms. The van der Waals surface area contributed by atoms with Crippen LogP contribution in [-0.2, 0) is 11.3 Å². The van der Waals surface area contributed by atoms with Crippen molar-refractivity contribution in [1.82, 2.24) is 0 Å². The molecule has 4 nitrogen and oxygen atoms in total. The number of esters is 1. The lowest BCUT2D eigenvalue weighted by molar-refractivity contribution is 0.0472. The Morgan fingerprint density at radius 1 is 1.24 bits per heavy atom. The van der Waals surface area contributed by atoms with E-state index < -0.39 is 5.97 Å². The predicted molar refractivity (Wildman–Crippen MR) is 80.8 cm³/mol. The largest absolute Gasteiger partial charge is 0.457 e. The molecule has 0 aromatic heterocycles. The zero-order valence-corrected chi connectivity index (χ0v) is 13.1. The first-order valence-corrected chi connectivity index (χ1v) is 7.32. The van der Waals surface area contributed by atoms with Crippen molar-refractivity contribution in [2.45, 2.75) is 6.61 Å². The van der Waals surface area contributed by atoms with E-state index in [1.54, 1.807) is 36.4 Å². The molecule has 1 heterocycles. The highest BCUT2D eigenvalue weighted by Crippen LogP contribution is 2.37. The van der Waals surface area contributed by atoms with Crippen LogP contribution in [0.5, 0.6) is 11.5 Å². The number of ether oxygens (including phenoxy) is 3. The molecule has 0 fully saturated rings. The van der Waals surface area contributed by atoms with Gasteiger partial charge in [-0.2, -0.15) is 0 Å². The first kappa shape index (κ1) is 14.2. The van der Waals surface area contributed by atoms with Gasteiger partial charge in [-0.25, -0.2) is 4.79 Å². The summed E-state index contributed by atoms with van der Waals surface area (Å²) in [5.74, 6) is 0.843. The van der Waals surface area contributed by atoms with Crippen molar-refractivity contribution in [3.05, 3.63) is 57.0 Å². The van der Waals surface area contributed by atoms with Gasteiger partial charge in [-0.15, -0.1) is 0 Å². The summed E-state index contributed by atoms with van der Waals surface area (Å²) in [6, 6.07) is 10.3. The molecule has 2 aromatic rings. The molecule has 6 heteroatoms. The van der Waals surface area contributed by atoms with Gasteiger partial charge in [0.2, 0.25) is 6.79 Å². The molecule has 21 heavy (non-hydrogen) atoms. The van der Waals surface area contributed by atoms with Crippen molar-refractivity contribution < 1.29 is 19.0 Å². The zero-order valence-electron chi connectivity index (χ0n) is 10.8. The molecule has 1 aliphatic heterocycles. The maximum Gasteiger partial charge on any atom is 0.339 e. The molecule has 0 aliphatic carbocycles. The topological polar surface area (TPSA) is 44.8 Å². The fourth-order valence-corrected chi connectivity index (χ4v) is 2.57. The summed E-state index contributed by atoms with van der Waals surface area (Å²) >= 11 is 9.38. The molecule has 2 aromatic carbocycles. The Kier molecular flexibility index (Phi) is 4.03. The molecule has 0 amide bonds. The Morgan fingerprint density at radius 3 is 2.71 bits per heavy atom. The van der Waals surface area contributed by atoms with E-state index >= 15 is 0 Å². The monoisotopic (exact) mass is 368 g/mol. The molecule has 0 saturated carbocycles. The van der Waals surface area contributed by atoms with Crippen molar-refractivity contribution in [1.29, 1.82) is 0 Å². The Labute approximate surface area is 134 Å². The Hall–Kier alpha value is -1.72. The number of hydrogen-bond acceptors (Lipinski definition) is 4. The van der Waals surface area contributed by atoms with E-state index in [0.717, 1.165) is 10.0 Å². The highest BCUT2D eigenvalue weighted by atomic mass is 79.9. The molecule has 1 aliphatic rings. The van der Waals surface area contributed by atoms with Crippen LogP contribution in [0.15, 0.2) is 40.9 Å². The third-order valence-electron chi connectivity index (χ3n) is 2.99. The van der Waals surface area contributed by atoms with Crippen LogP contribution in [0.2, 0.25) is 5.02 Å². The fraction of sp³-hybridized carbons (Fsp3) is 0.133. The van der Waals surface area contributed by atoms with E-state index in [9.17, 15) is 4.79 Å². The van der Waals surface area contributed by atoms with Crippen LogP contribution in [0.3, 0.4) is 0 Å². The molecule has 0 radical (unpaired) electrons. The molecule has 0 unspecified atom stereocenters. The minimum absolute atomic E-state index is 0.112. The van der Waals surface area contributed by atoms with Crippen LogP contribution >= 0.6 is 27.5 Å². The Bertz CT molecular complexity index is 702. The van der Waals surface area contributed by atoms with Crippen molar-refractivity contribution in [2.75, 3.05) is 6.79 Å². The second-order valence-corrected chi connectivity index (χ2v) is 5.61. The lowest BCUT2D eigenvalue weighted by Crippen LogP contribution is -2.06. The summed E-state index contributed by atoms with van der Waals surface area (Å²) in [5, 5.41) is 0.368. The highest BCUT2D eigenvalue weighted by Gasteiger charge is 2.18. The van der Waals surface area contributed by atoms with E-state index in [1.165, 1.54) is 0 Å². The summed E-state index contributed by atoms with van der Waals surface area (Å²) in [5.41, 5.74) is 1.13. The lowest BCUT2D eigenvalue weighted by atomic mass is 10.2. The third kappa shape index (κ3) is 2.99. The minimum Gasteiger partial charge on any atom is -0.457 e. The SMILES string of the molecule is O=C(OCc1cc2c(cc1Br)OCO2)c1ccccc1Cl. The van der Waals surface area contributed by atoms with E-state index in [4.69, 9.17) is 25.8 Å². The summed E-state index contributed by atoms with van der Waals surface area (Å²) < 4.78 is 16.6. The number of benzene rings is 2. The third-order valence-corrected chi connectivity index (χ3v) is 4.06. The molecule has 0 atom stereocenters. The number of fused-ring (bicyclic) bond motifs is 1. The van der Waals surface area contributed by atoms with Crippen molar-refractivity contribution >= 4 is 33.5 Å². The molecule has 0 spiro atoms. The molecule has 0 saturated heterocycles. The maximum absolute atomic E-state index is 12.0. The van der Waals surface area contributed by atoms with Gasteiger partial charge in [-0.1, -0.05) is 39.7 Å². The van der Waals surface area contributed by atoms with Gasteiger partial charge in [0, 0.05) is 10.0 Å². The van der Waals surface area contributed by atoms with Crippen molar-refractivity contribution in [3.8, 4) is 11.5 Å². The predicted octanol–water partition coefficient (Wildman–Crippen LogP) is 4.19.